The number of aryl methyl sites for hydroxylation is 3. The van der Waals surface area contributed by atoms with E-state index in [-0.39, 0.29) is 24.8 Å². The van der Waals surface area contributed by atoms with Crippen LogP contribution in [0, 0.1) is 6.92 Å². The molecule has 0 saturated heterocycles. The molecule has 2 rings (SSSR count). The Kier molecular flexibility index (Phi) is 10.1. The number of aliphatic hydroxyl groups is 1. The summed E-state index contributed by atoms with van der Waals surface area (Å²) in [6.07, 6.45) is 3.58. The van der Waals surface area contributed by atoms with E-state index in [0.717, 1.165) is 35.3 Å². The number of aliphatic hydroxyl groups excluding tert-OH is 1. The monoisotopic (exact) mass is 441 g/mol. The van der Waals surface area contributed by atoms with Crippen LogP contribution in [0.15, 0.2) is 24.3 Å². The van der Waals surface area contributed by atoms with Crippen LogP contribution in [0.2, 0.25) is 0 Å². The van der Waals surface area contributed by atoms with Gasteiger partial charge in [0, 0.05) is 16.8 Å². The normalized spacial score (nSPS) is 12.8. The average Bonchev–Trinajstić information content (AvgIpc) is 3.07. The summed E-state index contributed by atoms with van der Waals surface area (Å²) < 4.78 is 10.6. The number of Topliss-reactive ketones (excluding diaryl/α,β-unsaturated/α-hetero) is 1. The minimum atomic E-state index is -0.583. The molecule has 1 aromatic carbocycles. The first-order valence-corrected chi connectivity index (χ1v) is 10.3. The van der Waals surface area contributed by atoms with Crippen molar-refractivity contribution in [1.82, 2.24) is 0 Å². The smallest absolute Gasteiger partial charge is 0.172 e. The molecule has 0 fully saturated rings. The third-order valence-electron chi connectivity index (χ3n) is 4.90. The van der Waals surface area contributed by atoms with Crippen molar-refractivity contribution in [3.05, 3.63) is 45.1 Å². The SMILES string of the molecule is COc1ccc(CCCC(=O)c2cc(C)c(CC[C@@](C)(N)CO)s2)cc1OC.Cl. The number of rotatable bonds is 11. The summed E-state index contributed by atoms with van der Waals surface area (Å²) in [5.41, 5.74) is 7.68. The van der Waals surface area contributed by atoms with Crippen LogP contribution in [0.5, 0.6) is 11.5 Å². The van der Waals surface area contributed by atoms with Crippen LogP contribution >= 0.6 is 23.7 Å². The summed E-state index contributed by atoms with van der Waals surface area (Å²) in [6.45, 7) is 3.83. The summed E-state index contributed by atoms with van der Waals surface area (Å²) in [7, 11) is 3.24. The highest BCUT2D eigenvalue weighted by molar-refractivity contribution is 7.14. The molecule has 29 heavy (non-hydrogen) atoms. The molecule has 0 unspecified atom stereocenters. The number of thiophene rings is 1. The van der Waals surface area contributed by atoms with Gasteiger partial charge in [0.2, 0.25) is 0 Å². The van der Waals surface area contributed by atoms with E-state index in [1.54, 1.807) is 25.6 Å². The van der Waals surface area contributed by atoms with Gasteiger partial charge in [-0.1, -0.05) is 6.07 Å². The number of ether oxygens (including phenoxy) is 2. The van der Waals surface area contributed by atoms with Crippen LogP contribution in [0.1, 0.15) is 51.9 Å². The molecule has 0 amide bonds. The van der Waals surface area contributed by atoms with Crippen molar-refractivity contribution < 1.29 is 19.4 Å². The Balaban J connectivity index is 0.00000420. The van der Waals surface area contributed by atoms with E-state index in [9.17, 15) is 9.90 Å². The lowest BCUT2D eigenvalue weighted by atomic mass is 9.97. The van der Waals surface area contributed by atoms with Crippen molar-refractivity contribution in [3.63, 3.8) is 0 Å². The van der Waals surface area contributed by atoms with Crippen LogP contribution in [0.3, 0.4) is 0 Å². The lowest BCUT2D eigenvalue weighted by Crippen LogP contribution is -2.40. The molecule has 0 aliphatic rings. The Morgan fingerprint density at radius 3 is 2.48 bits per heavy atom. The second kappa shape index (κ2) is 11.6. The summed E-state index contributed by atoms with van der Waals surface area (Å²) in [4.78, 5) is 14.6. The van der Waals surface area contributed by atoms with Crippen molar-refractivity contribution in [1.29, 1.82) is 0 Å². The zero-order valence-corrected chi connectivity index (χ0v) is 19.3. The molecule has 5 nitrogen and oxygen atoms in total. The molecule has 0 saturated carbocycles. The van der Waals surface area contributed by atoms with Gasteiger partial charge >= 0.3 is 0 Å². The maximum atomic E-state index is 12.6. The highest BCUT2D eigenvalue weighted by Gasteiger charge is 2.19. The number of hydrogen-bond acceptors (Lipinski definition) is 6. The fourth-order valence-electron chi connectivity index (χ4n) is 3.00. The van der Waals surface area contributed by atoms with Crippen LogP contribution in [-0.2, 0) is 12.8 Å². The summed E-state index contributed by atoms with van der Waals surface area (Å²) in [5, 5.41) is 9.30. The molecule has 1 aromatic heterocycles. The highest BCUT2D eigenvalue weighted by atomic mass is 35.5. The van der Waals surface area contributed by atoms with Crippen molar-refractivity contribution in [2.45, 2.75) is 51.5 Å². The van der Waals surface area contributed by atoms with Gasteiger partial charge in [0.05, 0.1) is 25.7 Å². The second-order valence-electron chi connectivity index (χ2n) is 7.50. The van der Waals surface area contributed by atoms with Crippen LogP contribution in [0.4, 0.5) is 0 Å². The molecule has 0 radical (unpaired) electrons. The topological polar surface area (TPSA) is 81.8 Å². The number of ketones is 1. The second-order valence-corrected chi connectivity index (χ2v) is 8.63. The first-order chi connectivity index (χ1) is 13.3. The van der Waals surface area contributed by atoms with Crippen molar-refractivity contribution >= 4 is 29.5 Å². The molecular weight excluding hydrogens is 410 g/mol. The minimum Gasteiger partial charge on any atom is -0.493 e. The molecule has 1 heterocycles. The van der Waals surface area contributed by atoms with Gasteiger partial charge in [-0.25, -0.2) is 0 Å². The predicted molar refractivity (Wildman–Crippen MR) is 121 cm³/mol. The third-order valence-corrected chi connectivity index (χ3v) is 6.23. The molecule has 0 bridgehead atoms. The molecule has 0 aliphatic carbocycles. The highest BCUT2D eigenvalue weighted by Crippen LogP contribution is 2.29. The van der Waals surface area contributed by atoms with Crippen LogP contribution < -0.4 is 15.2 Å². The standard InChI is InChI=1S/C22H31NO4S.ClH/c1-15-12-21(28-20(15)10-11-22(2,23)14-24)17(25)7-5-6-16-8-9-18(26-3)19(13-16)27-4;/h8-9,12-13,24H,5-7,10-11,14,23H2,1-4H3;1H/t22-;/m1./s1. The van der Waals surface area contributed by atoms with Crippen molar-refractivity contribution in [2.24, 2.45) is 5.73 Å². The van der Waals surface area contributed by atoms with Gasteiger partial charge in [0.25, 0.3) is 0 Å². The first kappa shape index (κ1) is 25.4. The van der Waals surface area contributed by atoms with Crippen molar-refractivity contribution in [2.75, 3.05) is 20.8 Å². The maximum Gasteiger partial charge on any atom is 0.172 e. The fourth-order valence-corrected chi connectivity index (χ4v) is 4.14. The molecule has 2 aromatic rings. The van der Waals surface area contributed by atoms with E-state index in [1.165, 1.54) is 4.88 Å². The van der Waals surface area contributed by atoms with Gasteiger partial charge in [-0.05, 0) is 68.9 Å². The molecule has 7 heteroatoms. The van der Waals surface area contributed by atoms with E-state index in [1.807, 2.05) is 38.1 Å². The number of carbonyl (C=O) groups is 1. The number of hydrogen-bond donors (Lipinski definition) is 2. The Bertz CT molecular complexity index is 804. The molecule has 3 N–H and O–H groups in total. The quantitative estimate of drug-likeness (QED) is 0.507. The number of nitrogens with two attached hydrogens (primary N) is 1. The van der Waals surface area contributed by atoms with Gasteiger partial charge in [-0.15, -0.1) is 23.7 Å². The Labute approximate surface area is 183 Å². The lowest BCUT2D eigenvalue weighted by Gasteiger charge is -2.21. The average molecular weight is 442 g/mol. The van der Waals surface area contributed by atoms with E-state index in [0.29, 0.717) is 24.3 Å². The molecule has 0 spiro atoms. The summed E-state index contributed by atoms with van der Waals surface area (Å²) in [5.74, 6) is 1.59. The Morgan fingerprint density at radius 2 is 1.86 bits per heavy atom. The number of methoxy groups -OCH3 is 2. The zero-order valence-electron chi connectivity index (χ0n) is 17.6. The summed E-state index contributed by atoms with van der Waals surface area (Å²) in [6, 6.07) is 7.83. The largest absolute Gasteiger partial charge is 0.493 e. The minimum absolute atomic E-state index is 0. The van der Waals surface area contributed by atoms with E-state index in [4.69, 9.17) is 15.2 Å². The fraction of sp³-hybridized carbons (Fsp3) is 0.500. The first-order valence-electron chi connectivity index (χ1n) is 9.53. The van der Waals surface area contributed by atoms with Crippen LogP contribution in [0.25, 0.3) is 0 Å². The molecular formula is C22H32ClNO4S. The number of benzene rings is 1. The molecule has 162 valence electrons. The molecule has 1 atom stereocenters. The van der Waals surface area contributed by atoms with Crippen LogP contribution in [-0.4, -0.2) is 37.3 Å². The Morgan fingerprint density at radius 1 is 1.17 bits per heavy atom. The van der Waals surface area contributed by atoms with Gasteiger partial charge in [-0.2, -0.15) is 0 Å². The number of halogens is 1. The summed E-state index contributed by atoms with van der Waals surface area (Å²) >= 11 is 1.55. The lowest BCUT2D eigenvalue weighted by molar-refractivity contribution is 0.0984. The zero-order chi connectivity index (χ0) is 20.7. The third kappa shape index (κ3) is 7.30. The van der Waals surface area contributed by atoms with E-state index >= 15 is 0 Å². The van der Waals surface area contributed by atoms with Gasteiger partial charge in [0.15, 0.2) is 17.3 Å². The predicted octanol–water partition coefficient (Wildman–Crippen LogP) is 4.34. The van der Waals surface area contributed by atoms with E-state index < -0.39 is 5.54 Å². The van der Waals surface area contributed by atoms with Gasteiger partial charge in [0.1, 0.15) is 0 Å². The van der Waals surface area contributed by atoms with Gasteiger partial charge in [-0.3, -0.25) is 4.79 Å². The molecule has 0 aliphatic heterocycles. The van der Waals surface area contributed by atoms with Crippen molar-refractivity contribution in [3.8, 4) is 11.5 Å². The Hall–Kier alpha value is -1.60. The van der Waals surface area contributed by atoms with Gasteiger partial charge < -0.3 is 20.3 Å². The number of carbonyl (C=O) groups excluding carboxylic acids is 1. The maximum absolute atomic E-state index is 12.6. The van der Waals surface area contributed by atoms with E-state index in [2.05, 4.69) is 0 Å².